The molecule has 7 nitrogen and oxygen atoms in total. The van der Waals surface area contributed by atoms with E-state index in [1.165, 1.54) is 0 Å². The Kier molecular flexibility index (Phi) is 7.95. The maximum atomic E-state index is 13.1. The Morgan fingerprint density at radius 1 is 1.12 bits per heavy atom. The van der Waals surface area contributed by atoms with Crippen LogP contribution in [-0.4, -0.2) is 41.1 Å². The van der Waals surface area contributed by atoms with Crippen molar-refractivity contribution in [2.75, 3.05) is 20.2 Å². The lowest BCUT2D eigenvalue weighted by molar-refractivity contribution is -0.127. The molecule has 2 aromatic carbocycles. The zero-order chi connectivity index (χ0) is 23.9. The van der Waals surface area contributed by atoms with E-state index < -0.39 is 0 Å². The molecule has 3 aromatic rings. The number of piperidine rings is 1. The summed E-state index contributed by atoms with van der Waals surface area (Å²) >= 11 is 0. The number of methoxy groups -OCH3 is 1. The second-order valence-corrected chi connectivity index (χ2v) is 9.39. The van der Waals surface area contributed by atoms with Crippen LogP contribution in [0.2, 0.25) is 0 Å². The van der Waals surface area contributed by atoms with Crippen molar-refractivity contribution in [2.45, 2.75) is 45.7 Å². The van der Waals surface area contributed by atoms with Gasteiger partial charge in [0.05, 0.1) is 19.7 Å². The first-order chi connectivity index (χ1) is 16.5. The molecule has 2 heterocycles. The summed E-state index contributed by atoms with van der Waals surface area (Å²) in [4.78, 5) is 19.9. The molecule has 1 saturated heterocycles. The number of nitrogens with zero attached hydrogens (tertiary/aromatic N) is 3. The molecule has 0 bridgehead atoms. The minimum Gasteiger partial charge on any atom is -0.497 e. The first-order valence-corrected chi connectivity index (χ1v) is 12.1. The van der Waals surface area contributed by atoms with E-state index in [0.717, 1.165) is 49.2 Å². The van der Waals surface area contributed by atoms with Crippen molar-refractivity contribution in [3.05, 3.63) is 66.1 Å². The average Bonchev–Trinajstić information content (AvgIpc) is 3.33. The summed E-state index contributed by atoms with van der Waals surface area (Å²) in [5, 5.41) is 7.42. The summed E-state index contributed by atoms with van der Waals surface area (Å²) < 4.78 is 10.7. The molecule has 1 fully saturated rings. The van der Waals surface area contributed by atoms with Gasteiger partial charge in [0.15, 0.2) is 0 Å². The monoisotopic (exact) mass is 462 g/mol. The Morgan fingerprint density at radius 2 is 1.82 bits per heavy atom. The lowest BCUT2D eigenvalue weighted by Gasteiger charge is -2.31. The van der Waals surface area contributed by atoms with Crippen LogP contribution >= 0.6 is 0 Å². The van der Waals surface area contributed by atoms with Crippen LogP contribution in [0.3, 0.4) is 0 Å². The summed E-state index contributed by atoms with van der Waals surface area (Å²) in [5.74, 6) is 2.68. The van der Waals surface area contributed by atoms with Crippen molar-refractivity contribution in [1.82, 2.24) is 20.4 Å². The van der Waals surface area contributed by atoms with Gasteiger partial charge in [-0.15, -0.1) is 0 Å². The number of carbonyl (C=O) groups excluding carboxylic acids is 1. The lowest BCUT2D eigenvalue weighted by Crippen LogP contribution is -2.41. The molecule has 0 saturated carbocycles. The molecule has 1 unspecified atom stereocenters. The SMILES string of the molecule is COc1ccc(C(CC(C)C)NC(=O)C2CCN(Cc3nc(-c4ccccc4)no3)CC2)cc1. The molecular formula is C27H34N4O3. The minimum atomic E-state index is 0.00577. The molecule has 7 heteroatoms. The summed E-state index contributed by atoms with van der Waals surface area (Å²) in [6.07, 6.45) is 2.54. The first-order valence-electron chi connectivity index (χ1n) is 12.1. The molecule has 0 spiro atoms. The van der Waals surface area contributed by atoms with Crippen LogP contribution in [-0.2, 0) is 11.3 Å². The van der Waals surface area contributed by atoms with E-state index in [-0.39, 0.29) is 17.9 Å². The largest absolute Gasteiger partial charge is 0.497 e. The van der Waals surface area contributed by atoms with Gasteiger partial charge in [-0.05, 0) is 56.0 Å². The van der Waals surface area contributed by atoms with Gasteiger partial charge in [-0.2, -0.15) is 4.98 Å². The van der Waals surface area contributed by atoms with Gasteiger partial charge in [0.25, 0.3) is 0 Å². The van der Waals surface area contributed by atoms with Gasteiger partial charge in [0.1, 0.15) is 5.75 Å². The third kappa shape index (κ3) is 6.23. The molecule has 1 amide bonds. The molecule has 4 rings (SSSR count). The molecule has 0 aliphatic carbocycles. The van der Waals surface area contributed by atoms with Crippen LogP contribution in [0.4, 0.5) is 0 Å². The molecule has 180 valence electrons. The maximum Gasteiger partial charge on any atom is 0.241 e. The Hall–Kier alpha value is -3.19. The van der Waals surface area contributed by atoms with Crippen molar-refractivity contribution >= 4 is 5.91 Å². The molecule has 34 heavy (non-hydrogen) atoms. The highest BCUT2D eigenvalue weighted by atomic mass is 16.5. The van der Waals surface area contributed by atoms with Gasteiger partial charge in [-0.3, -0.25) is 9.69 Å². The second kappa shape index (κ2) is 11.3. The van der Waals surface area contributed by atoms with Gasteiger partial charge < -0.3 is 14.6 Å². The number of nitrogens with one attached hydrogen (secondary N) is 1. The van der Waals surface area contributed by atoms with E-state index in [2.05, 4.69) is 34.2 Å². The topological polar surface area (TPSA) is 80.5 Å². The number of benzene rings is 2. The fourth-order valence-corrected chi connectivity index (χ4v) is 4.44. The van der Waals surface area contributed by atoms with Crippen LogP contribution in [0.25, 0.3) is 11.4 Å². The third-order valence-electron chi connectivity index (χ3n) is 6.36. The van der Waals surface area contributed by atoms with E-state index in [4.69, 9.17) is 9.26 Å². The van der Waals surface area contributed by atoms with E-state index in [9.17, 15) is 4.79 Å². The predicted molar refractivity (Wildman–Crippen MR) is 131 cm³/mol. The van der Waals surface area contributed by atoms with Crippen molar-refractivity contribution in [1.29, 1.82) is 0 Å². The minimum absolute atomic E-state index is 0.00577. The van der Waals surface area contributed by atoms with Gasteiger partial charge in [0, 0.05) is 11.5 Å². The summed E-state index contributed by atoms with van der Waals surface area (Å²) in [7, 11) is 1.66. The third-order valence-corrected chi connectivity index (χ3v) is 6.36. The van der Waals surface area contributed by atoms with Gasteiger partial charge >= 0.3 is 0 Å². The highest BCUT2D eigenvalue weighted by Crippen LogP contribution is 2.26. The molecular weight excluding hydrogens is 428 g/mol. The van der Waals surface area contributed by atoms with Crippen LogP contribution in [0.1, 0.15) is 50.6 Å². The van der Waals surface area contributed by atoms with Crippen LogP contribution in [0.5, 0.6) is 5.75 Å². The number of likely N-dealkylation sites (tertiary alicyclic amines) is 1. The standard InChI is InChI=1S/C27H34N4O3/c1-19(2)17-24(20-9-11-23(33-3)12-10-20)28-27(32)22-13-15-31(16-14-22)18-25-29-26(30-34-25)21-7-5-4-6-8-21/h4-12,19,22,24H,13-18H2,1-3H3,(H,28,32). The number of rotatable bonds is 9. The number of aromatic nitrogens is 2. The summed E-state index contributed by atoms with van der Waals surface area (Å²) in [6.45, 7) is 6.64. The molecule has 1 N–H and O–H groups in total. The lowest BCUT2D eigenvalue weighted by atomic mass is 9.93. The summed E-state index contributed by atoms with van der Waals surface area (Å²) in [5.41, 5.74) is 2.06. The van der Waals surface area contributed by atoms with Crippen molar-refractivity contribution < 1.29 is 14.1 Å². The van der Waals surface area contributed by atoms with Crippen molar-refractivity contribution in [2.24, 2.45) is 11.8 Å². The quantitative estimate of drug-likeness (QED) is 0.489. The molecule has 0 radical (unpaired) electrons. The normalized spacial score (nSPS) is 15.9. The zero-order valence-corrected chi connectivity index (χ0v) is 20.2. The molecule has 1 atom stereocenters. The number of amides is 1. The molecule has 1 aromatic heterocycles. The smallest absolute Gasteiger partial charge is 0.241 e. The number of carbonyl (C=O) groups is 1. The van der Waals surface area contributed by atoms with Crippen LogP contribution in [0, 0.1) is 11.8 Å². The molecule has 1 aliphatic rings. The predicted octanol–water partition coefficient (Wildman–Crippen LogP) is 4.86. The van der Waals surface area contributed by atoms with Crippen LogP contribution in [0.15, 0.2) is 59.1 Å². The van der Waals surface area contributed by atoms with E-state index in [0.29, 0.717) is 24.2 Å². The summed E-state index contributed by atoms with van der Waals surface area (Å²) in [6, 6.07) is 17.8. The average molecular weight is 463 g/mol. The van der Waals surface area contributed by atoms with E-state index in [1.54, 1.807) is 7.11 Å². The fourth-order valence-electron chi connectivity index (χ4n) is 4.44. The van der Waals surface area contributed by atoms with Gasteiger partial charge in [0.2, 0.25) is 17.6 Å². The Bertz CT molecular complexity index is 1040. The van der Waals surface area contributed by atoms with Gasteiger partial charge in [-0.25, -0.2) is 0 Å². The number of hydrogen-bond acceptors (Lipinski definition) is 6. The van der Waals surface area contributed by atoms with Crippen molar-refractivity contribution in [3.63, 3.8) is 0 Å². The molecule has 1 aliphatic heterocycles. The Morgan fingerprint density at radius 3 is 2.47 bits per heavy atom. The van der Waals surface area contributed by atoms with Gasteiger partial charge in [-0.1, -0.05) is 61.5 Å². The highest BCUT2D eigenvalue weighted by Gasteiger charge is 2.28. The number of hydrogen-bond donors (Lipinski definition) is 1. The van der Waals surface area contributed by atoms with E-state index >= 15 is 0 Å². The Labute approximate surface area is 201 Å². The van der Waals surface area contributed by atoms with Crippen LogP contribution < -0.4 is 10.1 Å². The first kappa shape index (κ1) is 24.0. The number of ether oxygens (including phenoxy) is 1. The second-order valence-electron chi connectivity index (χ2n) is 9.39. The fraction of sp³-hybridized carbons (Fsp3) is 0.444. The zero-order valence-electron chi connectivity index (χ0n) is 20.2. The maximum absolute atomic E-state index is 13.1. The van der Waals surface area contributed by atoms with E-state index in [1.807, 2.05) is 54.6 Å². The van der Waals surface area contributed by atoms with Crippen molar-refractivity contribution in [3.8, 4) is 17.1 Å². The highest BCUT2D eigenvalue weighted by molar-refractivity contribution is 5.79. The Balaban J connectivity index is 1.30.